The van der Waals surface area contributed by atoms with Crippen LogP contribution in [0.2, 0.25) is 0 Å². The molecule has 0 aliphatic carbocycles. The van der Waals surface area contributed by atoms with Gasteiger partial charge in [-0.15, -0.1) is 0 Å². The summed E-state index contributed by atoms with van der Waals surface area (Å²) in [5.74, 6) is -0.0788. The van der Waals surface area contributed by atoms with Crippen LogP contribution in [-0.2, 0) is 4.79 Å². The maximum absolute atomic E-state index is 11.4. The third-order valence-electron chi connectivity index (χ3n) is 1.81. The number of carbonyl (C=O) groups is 1. The molecule has 3 heteroatoms. The van der Waals surface area contributed by atoms with Gasteiger partial charge >= 0.3 is 0 Å². The lowest BCUT2D eigenvalue weighted by Gasteiger charge is -2.06. The lowest BCUT2D eigenvalue weighted by molar-refractivity contribution is -0.124. The van der Waals surface area contributed by atoms with E-state index < -0.39 is 0 Å². The predicted octanol–water partition coefficient (Wildman–Crippen LogP) is 2.72. The van der Waals surface area contributed by atoms with Crippen LogP contribution in [0, 0.1) is 0 Å². The first-order chi connectivity index (χ1) is 6.57. The Morgan fingerprint density at radius 2 is 2.07 bits per heavy atom. The van der Waals surface area contributed by atoms with Gasteiger partial charge in [0.2, 0.25) is 0 Å². The Hall–Kier alpha value is -1.02. The van der Waals surface area contributed by atoms with Crippen LogP contribution in [0.1, 0.15) is 13.8 Å². The van der Waals surface area contributed by atoms with E-state index in [1.165, 1.54) is 0 Å². The zero-order valence-corrected chi connectivity index (χ0v) is 9.69. The third kappa shape index (κ3) is 2.48. The Labute approximate surface area is 90.5 Å². The molecule has 0 atom stereocenters. The standard InChI is InChI=1S/C9H10ClNO.C2H6/c1-4-7-5-11(3)9(12)8(7)6(2)10;1-2/h4H,1-2,5H2,3H3;1-2H3. The van der Waals surface area contributed by atoms with Crippen LogP contribution in [0.4, 0.5) is 0 Å². The summed E-state index contributed by atoms with van der Waals surface area (Å²) in [6.45, 7) is 11.7. The van der Waals surface area contributed by atoms with Crippen LogP contribution in [-0.4, -0.2) is 24.4 Å². The number of hydrogen-bond donors (Lipinski definition) is 0. The second-order valence-corrected chi connectivity index (χ2v) is 3.13. The van der Waals surface area contributed by atoms with E-state index in [2.05, 4.69) is 13.2 Å². The summed E-state index contributed by atoms with van der Waals surface area (Å²) in [6.07, 6.45) is 1.64. The number of likely N-dealkylation sites (N-methyl/N-ethyl adjacent to an activating group) is 1. The first-order valence-electron chi connectivity index (χ1n) is 4.53. The second-order valence-electron chi connectivity index (χ2n) is 2.67. The molecule has 0 aromatic carbocycles. The molecule has 0 bridgehead atoms. The molecule has 1 amide bonds. The van der Waals surface area contributed by atoms with E-state index in [1.807, 2.05) is 13.8 Å². The fourth-order valence-corrected chi connectivity index (χ4v) is 1.39. The molecule has 14 heavy (non-hydrogen) atoms. The molecule has 2 nitrogen and oxygen atoms in total. The molecular formula is C11H16ClNO. The van der Waals surface area contributed by atoms with Crippen molar-refractivity contribution in [2.45, 2.75) is 13.8 Å². The number of rotatable bonds is 2. The first kappa shape index (κ1) is 13.0. The summed E-state index contributed by atoms with van der Waals surface area (Å²) in [4.78, 5) is 13.0. The van der Waals surface area contributed by atoms with E-state index in [0.29, 0.717) is 17.2 Å². The highest BCUT2D eigenvalue weighted by Gasteiger charge is 2.26. The molecule has 0 unspecified atom stereocenters. The van der Waals surface area contributed by atoms with Gasteiger partial charge in [-0.3, -0.25) is 4.79 Å². The first-order valence-corrected chi connectivity index (χ1v) is 4.91. The van der Waals surface area contributed by atoms with Crippen molar-refractivity contribution in [2.24, 2.45) is 0 Å². The van der Waals surface area contributed by atoms with Crippen molar-refractivity contribution in [3.63, 3.8) is 0 Å². The highest BCUT2D eigenvalue weighted by molar-refractivity contribution is 6.35. The van der Waals surface area contributed by atoms with E-state index >= 15 is 0 Å². The van der Waals surface area contributed by atoms with Gasteiger partial charge in [0.1, 0.15) is 0 Å². The van der Waals surface area contributed by atoms with E-state index in [1.54, 1.807) is 18.0 Å². The highest BCUT2D eigenvalue weighted by atomic mass is 35.5. The van der Waals surface area contributed by atoms with Crippen LogP contribution in [0.5, 0.6) is 0 Å². The number of halogens is 1. The third-order valence-corrected chi connectivity index (χ3v) is 2.00. The number of nitrogens with zero attached hydrogens (tertiary/aromatic N) is 1. The van der Waals surface area contributed by atoms with Crippen LogP contribution in [0.25, 0.3) is 0 Å². The molecule has 0 aromatic heterocycles. The largest absolute Gasteiger partial charge is 0.337 e. The molecule has 0 saturated heterocycles. The van der Waals surface area contributed by atoms with E-state index in [9.17, 15) is 4.79 Å². The molecular weight excluding hydrogens is 198 g/mol. The summed E-state index contributed by atoms with van der Waals surface area (Å²) in [6, 6.07) is 0. The Morgan fingerprint density at radius 3 is 2.36 bits per heavy atom. The van der Waals surface area contributed by atoms with Crippen LogP contribution < -0.4 is 0 Å². The van der Waals surface area contributed by atoms with Crippen molar-refractivity contribution in [1.29, 1.82) is 0 Å². The molecule has 1 aliphatic heterocycles. The number of hydrogen-bond acceptors (Lipinski definition) is 1. The van der Waals surface area contributed by atoms with Crippen molar-refractivity contribution in [3.05, 3.63) is 35.4 Å². The Kier molecular flexibility index (Phi) is 5.24. The average molecular weight is 214 g/mol. The molecule has 1 heterocycles. The van der Waals surface area contributed by atoms with Gasteiger partial charge < -0.3 is 4.90 Å². The number of amides is 1. The smallest absolute Gasteiger partial charge is 0.255 e. The van der Waals surface area contributed by atoms with Gasteiger partial charge in [0.25, 0.3) is 5.91 Å². The Balaban J connectivity index is 0.000000791. The van der Waals surface area contributed by atoms with Crippen LogP contribution in [0.15, 0.2) is 35.4 Å². The summed E-state index contributed by atoms with van der Waals surface area (Å²) in [5, 5.41) is 0.291. The van der Waals surface area contributed by atoms with Gasteiger partial charge in [0.05, 0.1) is 5.57 Å². The van der Waals surface area contributed by atoms with Gasteiger partial charge in [-0.25, -0.2) is 0 Å². The van der Waals surface area contributed by atoms with Gasteiger partial charge in [-0.05, 0) is 5.57 Å². The molecule has 0 spiro atoms. The molecule has 1 aliphatic rings. The zero-order chi connectivity index (χ0) is 11.3. The van der Waals surface area contributed by atoms with Crippen molar-refractivity contribution in [1.82, 2.24) is 4.90 Å². The molecule has 0 fully saturated rings. The Morgan fingerprint density at radius 1 is 1.57 bits per heavy atom. The highest BCUT2D eigenvalue weighted by Crippen LogP contribution is 2.25. The Bertz CT molecular complexity index is 292. The van der Waals surface area contributed by atoms with Crippen molar-refractivity contribution in [2.75, 3.05) is 13.6 Å². The fourth-order valence-electron chi connectivity index (χ4n) is 1.19. The van der Waals surface area contributed by atoms with E-state index in [4.69, 9.17) is 11.6 Å². The average Bonchev–Trinajstić information content (AvgIpc) is 2.46. The topological polar surface area (TPSA) is 20.3 Å². The van der Waals surface area contributed by atoms with Gasteiger partial charge in [-0.1, -0.05) is 44.7 Å². The minimum atomic E-state index is -0.0788. The number of carbonyl (C=O) groups excluding carboxylic acids is 1. The monoisotopic (exact) mass is 213 g/mol. The fraction of sp³-hybridized carbons (Fsp3) is 0.364. The lowest BCUT2D eigenvalue weighted by Crippen LogP contribution is -2.21. The van der Waals surface area contributed by atoms with Crippen LogP contribution >= 0.6 is 11.6 Å². The van der Waals surface area contributed by atoms with Gasteiger partial charge in [-0.2, -0.15) is 0 Å². The summed E-state index contributed by atoms with van der Waals surface area (Å²) in [5.41, 5.74) is 1.34. The van der Waals surface area contributed by atoms with E-state index in [-0.39, 0.29) is 5.91 Å². The maximum Gasteiger partial charge on any atom is 0.255 e. The summed E-state index contributed by atoms with van der Waals surface area (Å²) >= 11 is 5.67. The minimum Gasteiger partial charge on any atom is -0.337 e. The molecule has 0 N–H and O–H groups in total. The van der Waals surface area contributed by atoms with Crippen LogP contribution in [0.3, 0.4) is 0 Å². The molecule has 0 saturated carbocycles. The van der Waals surface area contributed by atoms with Gasteiger partial charge in [0.15, 0.2) is 0 Å². The predicted molar refractivity (Wildman–Crippen MR) is 61.2 cm³/mol. The van der Waals surface area contributed by atoms with E-state index in [0.717, 1.165) is 5.57 Å². The zero-order valence-electron chi connectivity index (χ0n) is 8.93. The maximum atomic E-state index is 11.4. The molecule has 78 valence electrons. The molecule has 0 aromatic rings. The minimum absolute atomic E-state index is 0.0788. The summed E-state index contributed by atoms with van der Waals surface area (Å²) < 4.78 is 0. The normalized spacial score (nSPS) is 15.1. The molecule has 0 radical (unpaired) electrons. The van der Waals surface area contributed by atoms with Crippen molar-refractivity contribution >= 4 is 17.5 Å². The van der Waals surface area contributed by atoms with Gasteiger partial charge in [0, 0.05) is 18.6 Å². The second kappa shape index (κ2) is 5.66. The van der Waals surface area contributed by atoms with Crippen molar-refractivity contribution < 1.29 is 4.79 Å². The van der Waals surface area contributed by atoms with Crippen molar-refractivity contribution in [3.8, 4) is 0 Å². The molecule has 1 rings (SSSR count). The SMILES string of the molecule is C=CC1=C(C(=C)Cl)C(=O)N(C)C1.CC. The quantitative estimate of drug-likeness (QED) is 0.691. The summed E-state index contributed by atoms with van der Waals surface area (Å²) in [7, 11) is 1.72. The lowest BCUT2D eigenvalue weighted by atomic mass is 10.1.